The molecule has 1 heterocycles. The van der Waals surface area contributed by atoms with Crippen LogP contribution in [0.5, 0.6) is 0 Å². The fraction of sp³-hybridized carbons (Fsp3) is 0.0909. The van der Waals surface area contributed by atoms with Gasteiger partial charge in [0.2, 0.25) is 0 Å². The van der Waals surface area contributed by atoms with Crippen molar-refractivity contribution in [3.8, 4) is 0 Å². The molecule has 0 spiro atoms. The molecular weight excluding hydrogens is 345 g/mol. The van der Waals surface area contributed by atoms with Crippen LogP contribution in [0.4, 0.5) is 5.82 Å². The highest BCUT2D eigenvalue weighted by Crippen LogP contribution is 2.09. The van der Waals surface area contributed by atoms with Crippen LogP contribution >= 0.6 is 22.6 Å². The maximum Gasteiger partial charge on any atom is 0.363 e. The Morgan fingerprint density at radius 2 is 2.22 bits per heavy atom. The van der Waals surface area contributed by atoms with Gasteiger partial charge < -0.3 is 0 Å². The summed E-state index contributed by atoms with van der Waals surface area (Å²) < 4.78 is 1.09. The van der Waals surface area contributed by atoms with Crippen molar-refractivity contribution in [3.63, 3.8) is 0 Å². The zero-order chi connectivity index (χ0) is 13.0. The Hall–Kier alpha value is -1.77. The van der Waals surface area contributed by atoms with Gasteiger partial charge in [-0.1, -0.05) is 18.2 Å². The fourth-order valence-corrected chi connectivity index (χ4v) is 1.77. The number of hydrogen-bond donors (Lipinski definition) is 2. The molecule has 6 nitrogen and oxygen atoms in total. The first kappa shape index (κ1) is 12.7. The van der Waals surface area contributed by atoms with Crippen molar-refractivity contribution in [2.24, 2.45) is 5.10 Å². The Balaban J connectivity index is 2.15. The molecule has 0 aliphatic carbocycles. The highest BCUT2D eigenvalue weighted by Gasteiger charge is 2.00. The Labute approximate surface area is 117 Å². The van der Waals surface area contributed by atoms with E-state index in [9.17, 15) is 4.79 Å². The summed E-state index contributed by atoms with van der Waals surface area (Å²) in [5, 5.41) is 10.1. The van der Waals surface area contributed by atoms with E-state index < -0.39 is 5.69 Å². The van der Waals surface area contributed by atoms with Crippen molar-refractivity contribution in [2.45, 2.75) is 6.92 Å². The lowest BCUT2D eigenvalue weighted by atomic mass is 10.2. The average molecular weight is 355 g/mol. The molecule has 92 valence electrons. The second kappa shape index (κ2) is 5.71. The summed E-state index contributed by atoms with van der Waals surface area (Å²) in [5.41, 5.74) is 3.76. The minimum absolute atomic E-state index is 0.348. The number of nitrogens with one attached hydrogen (secondary N) is 2. The lowest BCUT2D eigenvalue weighted by Crippen LogP contribution is -2.15. The Morgan fingerprint density at radius 3 is 3.00 bits per heavy atom. The number of H-pyrrole nitrogens is 1. The normalized spacial score (nSPS) is 10.8. The summed E-state index contributed by atoms with van der Waals surface area (Å²) in [6, 6.07) is 7.82. The van der Waals surface area contributed by atoms with Gasteiger partial charge in [-0.3, -0.25) is 5.43 Å². The number of aromatic nitrogens is 3. The molecular formula is C11H10IN5O. The third-order valence-electron chi connectivity index (χ3n) is 2.15. The van der Waals surface area contributed by atoms with E-state index in [1.165, 1.54) is 0 Å². The van der Waals surface area contributed by atoms with Crippen molar-refractivity contribution < 1.29 is 0 Å². The van der Waals surface area contributed by atoms with E-state index in [1.54, 1.807) is 13.1 Å². The van der Waals surface area contributed by atoms with Crippen molar-refractivity contribution in [1.82, 2.24) is 15.2 Å². The molecule has 2 aromatic rings. The van der Waals surface area contributed by atoms with Gasteiger partial charge in [0.15, 0.2) is 5.82 Å². The number of halogens is 1. The molecule has 1 aromatic carbocycles. The predicted molar refractivity (Wildman–Crippen MR) is 77.8 cm³/mol. The Morgan fingerprint density at radius 1 is 1.44 bits per heavy atom. The molecule has 0 amide bonds. The largest absolute Gasteiger partial charge is 0.363 e. The monoisotopic (exact) mass is 355 g/mol. The first-order valence-electron chi connectivity index (χ1n) is 5.14. The molecule has 0 atom stereocenters. The number of aryl methyl sites for hydroxylation is 1. The average Bonchev–Trinajstić information content (AvgIpc) is 2.36. The smallest absolute Gasteiger partial charge is 0.260 e. The van der Waals surface area contributed by atoms with E-state index in [0.717, 1.165) is 9.13 Å². The molecule has 2 rings (SSSR count). The third-order valence-corrected chi connectivity index (χ3v) is 3.14. The Bertz CT molecular complexity index is 637. The van der Waals surface area contributed by atoms with E-state index in [1.807, 2.05) is 24.3 Å². The summed E-state index contributed by atoms with van der Waals surface area (Å²) in [7, 11) is 0. The minimum atomic E-state index is -0.507. The van der Waals surface area contributed by atoms with Gasteiger partial charge in [-0.05, 0) is 35.6 Å². The van der Waals surface area contributed by atoms with Gasteiger partial charge >= 0.3 is 5.69 Å². The van der Waals surface area contributed by atoms with Crippen molar-refractivity contribution in [3.05, 3.63) is 49.6 Å². The Kier molecular flexibility index (Phi) is 4.03. The zero-order valence-corrected chi connectivity index (χ0v) is 11.7. The number of benzene rings is 1. The molecule has 1 aromatic heterocycles. The highest BCUT2D eigenvalue weighted by atomic mass is 127. The lowest BCUT2D eigenvalue weighted by Gasteiger charge is -2.01. The topological polar surface area (TPSA) is 83.0 Å². The summed E-state index contributed by atoms with van der Waals surface area (Å²) >= 11 is 2.22. The zero-order valence-electron chi connectivity index (χ0n) is 9.51. The molecule has 0 aliphatic rings. The second-order valence-corrected chi connectivity index (χ2v) is 4.63. The number of aromatic amines is 1. The van der Waals surface area contributed by atoms with Gasteiger partial charge in [0.05, 0.1) is 6.21 Å². The van der Waals surface area contributed by atoms with Crippen LogP contribution in [0.25, 0.3) is 0 Å². The quantitative estimate of drug-likeness (QED) is 0.497. The number of anilines is 1. The van der Waals surface area contributed by atoms with Crippen molar-refractivity contribution >= 4 is 34.6 Å². The van der Waals surface area contributed by atoms with Crippen LogP contribution in [-0.4, -0.2) is 21.4 Å². The number of hydrogen-bond acceptors (Lipinski definition) is 5. The van der Waals surface area contributed by atoms with Gasteiger partial charge in [0.1, 0.15) is 5.69 Å². The first-order chi connectivity index (χ1) is 8.66. The summed E-state index contributed by atoms with van der Waals surface area (Å²) in [6.45, 7) is 1.73. The predicted octanol–water partition coefficient (Wildman–Crippen LogP) is 1.52. The molecule has 18 heavy (non-hydrogen) atoms. The molecule has 0 fully saturated rings. The minimum Gasteiger partial charge on any atom is -0.260 e. The van der Waals surface area contributed by atoms with Crippen LogP contribution in [0.15, 0.2) is 34.2 Å². The van der Waals surface area contributed by atoms with Crippen LogP contribution in [-0.2, 0) is 0 Å². The van der Waals surface area contributed by atoms with Gasteiger partial charge in [0, 0.05) is 9.13 Å². The summed E-state index contributed by atoms with van der Waals surface area (Å²) in [4.78, 5) is 14.7. The van der Waals surface area contributed by atoms with Crippen LogP contribution in [0.1, 0.15) is 11.3 Å². The first-order valence-corrected chi connectivity index (χ1v) is 6.21. The summed E-state index contributed by atoms with van der Waals surface area (Å²) in [6.07, 6.45) is 1.67. The van der Waals surface area contributed by atoms with Crippen LogP contribution < -0.4 is 11.1 Å². The molecule has 0 bridgehead atoms. The molecule has 2 N–H and O–H groups in total. The molecule has 7 heteroatoms. The van der Waals surface area contributed by atoms with Gasteiger partial charge in [-0.2, -0.15) is 15.2 Å². The third kappa shape index (κ3) is 3.13. The molecule has 0 saturated heterocycles. The van der Waals surface area contributed by atoms with Crippen LogP contribution in [0, 0.1) is 10.5 Å². The molecule has 0 unspecified atom stereocenters. The van der Waals surface area contributed by atoms with E-state index >= 15 is 0 Å². The number of nitrogens with zero attached hydrogens (tertiary/aromatic N) is 3. The second-order valence-electron chi connectivity index (χ2n) is 3.47. The van der Waals surface area contributed by atoms with Crippen LogP contribution in [0.3, 0.4) is 0 Å². The summed E-state index contributed by atoms with van der Waals surface area (Å²) in [5.74, 6) is 0.348. The van der Waals surface area contributed by atoms with Gasteiger partial charge in [-0.25, -0.2) is 9.89 Å². The standard InChI is InChI=1S/C11H10IN5O/c1-7-10(14-11(18)17-15-7)16-13-6-8-4-2-3-5-9(8)12/h2-6H,1H3,(H2,14,16,17,18)/b13-6-. The fourth-order valence-electron chi connectivity index (χ4n) is 1.24. The van der Waals surface area contributed by atoms with Gasteiger partial charge in [0.25, 0.3) is 0 Å². The molecule has 0 radical (unpaired) electrons. The van der Waals surface area contributed by atoms with E-state index in [2.05, 4.69) is 48.3 Å². The lowest BCUT2D eigenvalue weighted by molar-refractivity contribution is 0.879. The molecule has 0 aliphatic heterocycles. The number of rotatable bonds is 3. The maximum absolute atomic E-state index is 11.0. The van der Waals surface area contributed by atoms with Crippen molar-refractivity contribution in [2.75, 3.05) is 5.43 Å². The molecule has 0 saturated carbocycles. The van der Waals surface area contributed by atoms with Crippen molar-refractivity contribution in [1.29, 1.82) is 0 Å². The highest BCUT2D eigenvalue weighted by molar-refractivity contribution is 14.1. The van der Waals surface area contributed by atoms with Crippen LogP contribution in [0.2, 0.25) is 0 Å². The maximum atomic E-state index is 11.0. The van der Waals surface area contributed by atoms with Gasteiger partial charge in [-0.15, -0.1) is 0 Å². The van der Waals surface area contributed by atoms with E-state index in [0.29, 0.717) is 11.5 Å². The van der Waals surface area contributed by atoms with E-state index in [4.69, 9.17) is 0 Å². The number of hydrazone groups is 1. The SMILES string of the molecule is Cc1n[nH]c(=O)nc1N/N=C\c1ccccc1I. The van der Waals surface area contributed by atoms with E-state index in [-0.39, 0.29) is 0 Å².